The molecule has 2 N–H and O–H groups in total. The van der Waals surface area contributed by atoms with Crippen LogP contribution in [0.5, 0.6) is 0 Å². The molecule has 0 aromatic heterocycles. The number of hydrogen-bond acceptors (Lipinski definition) is 1. The first-order chi connectivity index (χ1) is 6.29. The first-order valence-electron chi connectivity index (χ1n) is 4.06. The Hall–Kier alpha value is -1.23. The number of nitrogens with two attached hydrogens (primary N) is 1. The van der Waals surface area contributed by atoms with Crippen LogP contribution in [0, 0.1) is 0 Å². The molecule has 1 amide bonds. The van der Waals surface area contributed by atoms with Gasteiger partial charge in [0.05, 0.1) is 0 Å². The molecule has 14 heavy (non-hydrogen) atoms. The van der Waals surface area contributed by atoms with E-state index < -0.39 is 0 Å². The van der Waals surface area contributed by atoms with Crippen molar-refractivity contribution in [1.29, 1.82) is 0 Å². The number of benzene rings is 2. The Balaban J connectivity index is 0.000000980. The summed E-state index contributed by atoms with van der Waals surface area (Å²) >= 11 is 0. The molecule has 0 atom stereocenters. The van der Waals surface area contributed by atoms with Gasteiger partial charge in [0, 0.05) is 5.56 Å². The molecular formula is C11H10LiNO. The van der Waals surface area contributed by atoms with Crippen LogP contribution in [0.25, 0.3) is 10.8 Å². The van der Waals surface area contributed by atoms with Crippen LogP contribution in [0.2, 0.25) is 0 Å². The number of carbonyl (C=O) groups is 1. The van der Waals surface area contributed by atoms with E-state index in [0.717, 1.165) is 10.8 Å². The fourth-order valence-electron chi connectivity index (χ4n) is 1.44. The van der Waals surface area contributed by atoms with E-state index in [1.165, 1.54) is 0 Å². The summed E-state index contributed by atoms with van der Waals surface area (Å²) in [6, 6.07) is 13.2. The minimum Gasteiger partial charge on any atom is -1.00 e. The van der Waals surface area contributed by atoms with Crippen molar-refractivity contribution in [3.8, 4) is 0 Å². The molecule has 0 unspecified atom stereocenters. The van der Waals surface area contributed by atoms with Gasteiger partial charge in [-0.3, -0.25) is 4.79 Å². The molecule has 0 saturated heterocycles. The third-order valence-corrected chi connectivity index (χ3v) is 2.06. The molecule has 3 heteroatoms. The van der Waals surface area contributed by atoms with E-state index in [4.69, 9.17) is 5.73 Å². The molecule has 2 aromatic carbocycles. The molecule has 0 radical (unpaired) electrons. The molecule has 66 valence electrons. The number of amides is 1. The van der Waals surface area contributed by atoms with E-state index >= 15 is 0 Å². The van der Waals surface area contributed by atoms with Gasteiger partial charge in [0.1, 0.15) is 0 Å². The van der Waals surface area contributed by atoms with Crippen LogP contribution in [0.15, 0.2) is 42.5 Å². The van der Waals surface area contributed by atoms with E-state index in [1.807, 2.05) is 36.4 Å². The summed E-state index contributed by atoms with van der Waals surface area (Å²) in [7, 11) is 0. The van der Waals surface area contributed by atoms with Gasteiger partial charge >= 0.3 is 18.9 Å². The van der Waals surface area contributed by atoms with Crippen LogP contribution in [-0.2, 0) is 0 Å². The summed E-state index contributed by atoms with van der Waals surface area (Å²) in [5.74, 6) is -0.378. The Morgan fingerprint density at radius 3 is 2.43 bits per heavy atom. The second kappa shape index (κ2) is 4.32. The van der Waals surface area contributed by atoms with Crippen molar-refractivity contribution in [3.63, 3.8) is 0 Å². The summed E-state index contributed by atoms with van der Waals surface area (Å²) in [4.78, 5) is 11.0. The zero-order valence-corrected chi connectivity index (χ0v) is 8.03. The number of carbonyl (C=O) groups excluding carboxylic acids is 1. The number of fused-ring (bicyclic) bond motifs is 1. The molecular weight excluding hydrogens is 169 g/mol. The van der Waals surface area contributed by atoms with E-state index in [0.29, 0.717) is 5.56 Å². The minimum atomic E-state index is -0.378. The van der Waals surface area contributed by atoms with Gasteiger partial charge in [-0.05, 0) is 16.8 Å². The monoisotopic (exact) mass is 179 g/mol. The average Bonchev–Trinajstić information content (AvgIpc) is 2.17. The molecule has 0 spiro atoms. The van der Waals surface area contributed by atoms with Gasteiger partial charge in [0.2, 0.25) is 5.91 Å². The van der Waals surface area contributed by atoms with Crippen LogP contribution >= 0.6 is 0 Å². The van der Waals surface area contributed by atoms with Crippen LogP contribution in [0.4, 0.5) is 0 Å². The van der Waals surface area contributed by atoms with Crippen molar-refractivity contribution in [2.75, 3.05) is 0 Å². The van der Waals surface area contributed by atoms with Crippen molar-refractivity contribution in [1.82, 2.24) is 0 Å². The maximum Gasteiger partial charge on any atom is 1.00 e. The SMILES string of the molecule is NC(=O)c1cccc2ccccc12.[H-].[Li+]. The molecule has 0 aliphatic rings. The topological polar surface area (TPSA) is 43.1 Å². The van der Waals surface area contributed by atoms with E-state index in [-0.39, 0.29) is 26.2 Å². The fourth-order valence-corrected chi connectivity index (χ4v) is 1.44. The number of primary amides is 1. The molecule has 0 aliphatic carbocycles. The Labute approximate surface area is 95.8 Å². The molecule has 0 fully saturated rings. The Morgan fingerprint density at radius 1 is 1.07 bits per heavy atom. The van der Waals surface area contributed by atoms with Gasteiger partial charge in [-0.2, -0.15) is 0 Å². The summed E-state index contributed by atoms with van der Waals surface area (Å²) in [5.41, 5.74) is 5.82. The van der Waals surface area contributed by atoms with Gasteiger partial charge in [-0.15, -0.1) is 0 Å². The van der Waals surface area contributed by atoms with E-state index in [1.54, 1.807) is 6.07 Å². The zero-order chi connectivity index (χ0) is 9.26. The first kappa shape index (κ1) is 10.8. The van der Waals surface area contributed by atoms with Gasteiger partial charge in [0.25, 0.3) is 0 Å². The predicted molar refractivity (Wildman–Crippen MR) is 53.6 cm³/mol. The van der Waals surface area contributed by atoms with Crippen LogP contribution < -0.4 is 24.6 Å². The Bertz CT molecular complexity index is 468. The summed E-state index contributed by atoms with van der Waals surface area (Å²) in [6.07, 6.45) is 0. The summed E-state index contributed by atoms with van der Waals surface area (Å²) < 4.78 is 0. The van der Waals surface area contributed by atoms with Crippen LogP contribution in [0.3, 0.4) is 0 Å². The number of rotatable bonds is 1. The minimum absolute atomic E-state index is 0. The molecule has 0 aliphatic heterocycles. The third-order valence-electron chi connectivity index (χ3n) is 2.06. The maximum absolute atomic E-state index is 11.0. The Morgan fingerprint density at radius 2 is 1.71 bits per heavy atom. The second-order valence-electron chi connectivity index (χ2n) is 2.89. The second-order valence-corrected chi connectivity index (χ2v) is 2.89. The maximum atomic E-state index is 11.0. The van der Waals surface area contributed by atoms with Crippen molar-refractivity contribution >= 4 is 16.7 Å². The third kappa shape index (κ3) is 1.82. The Kier molecular flexibility index (Phi) is 3.35. The quantitative estimate of drug-likeness (QED) is 0.564. The van der Waals surface area contributed by atoms with Gasteiger partial charge in [-0.1, -0.05) is 36.4 Å². The van der Waals surface area contributed by atoms with Crippen molar-refractivity contribution < 1.29 is 25.1 Å². The zero-order valence-electron chi connectivity index (χ0n) is 9.03. The molecule has 2 aromatic rings. The average molecular weight is 179 g/mol. The van der Waals surface area contributed by atoms with E-state index in [2.05, 4.69) is 0 Å². The first-order valence-corrected chi connectivity index (χ1v) is 4.06. The van der Waals surface area contributed by atoms with Crippen molar-refractivity contribution in [2.24, 2.45) is 5.73 Å². The molecule has 0 saturated carbocycles. The smallest absolute Gasteiger partial charge is 1.00 e. The largest absolute Gasteiger partial charge is 1.00 e. The summed E-state index contributed by atoms with van der Waals surface area (Å²) in [6.45, 7) is 0. The van der Waals surface area contributed by atoms with Gasteiger partial charge < -0.3 is 7.16 Å². The van der Waals surface area contributed by atoms with Gasteiger partial charge in [-0.25, -0.2) is 0 Å². The van der Waals surface area contributed by atoms with Crippen LogP contribution in [0.1, 0.15) is 11.8 Å². The molecule has 0 bridgehead atoms. The predicted octanol–water partition coefficient (Wildman–Crippen LogP) is -0.945. The normalized spacial score (nSPS) is 9.43. The fraction of sp³-hybridized carbons (Fsp3) is 0. The standard InChI is InChI=1S/C11H9NO.Li.H/c12-11(13)10-7-3-5-8-4-1-2-6-9(8)10;;/h1-7H,(H2,12,13);;/q;+1;-1. The van der Waals surface area contributed by atoms with Crippen LogP contribution in [-0.4, -0.2) is 5.91 Å². The summed E-state index contributed by atoms with van der Waals surface area (Å²) in [5, 5.41) is 1.95. The molecule has 0 heterocycles. The molecule has 2 rings (SSSR count). The number of hydrogen-bond donors (Lipinski definition) is 1. The van der Waals surface area contributed by atoms with E-state index in [9.17, 15) is 4.79 Å². The van der Waals surface area contributed by atoms with Gasteiger partial charge in [0.15, 0.2) is 0 Å². The molecule has 2 nitrogen and oxygen atoms in total. The van der Waals surface area contributed by atoms with Crippen molar-refractivity contribution in [2.45, 2.75) is 0 Å². The van der Waals surface area contributed by atoms with Crippen molar-refractivity contribution in [3.05, 3.63) is 48.0 Å².